The fraction of sp³-hybridized carbons (Fsp3) is 0. The van der Waals surface area contributed by atoms with Gasteiger partial charge in [0.2, 0.25) is 0 Å². The Kier molecular flexibility index (Phi) is 1.83. The molecule has 0 fully saturated rings. The third kappa shape index (κ3) is 1.30. The molecule has 0 aliphatic heterocycles. The molecule has 3 aromatic rings. The first-order chi connectivity index (χ1) is 7.84. The number of nitrogens with zero attached hydrogens (tertiary/aromatic N) is 4. The second kappa shape index (κ2) is 3.30. The summed E-state index contributed by atoms with van der Waals surface area (Å²) >= 11 is 0. The lowest BCUT2D eigenvalue weighted by Crippen LogP contribution is -1.95. The minimum absolute atomic E-state index is 0.243. The van der Waals surface area contributed by atoms with Crippen molar-refractivity contribution in [1.29, 1.82) is 0 Å². The molecule has 0 saturated carbocycles. The molecule has 2 aromatic heterocycles. The van der Waals surface area contributed by atoms with Crippen molar-refractivity contribution in [2.45, 2.75) is 0 Å². The van der Waals surface area contributed by atoms with Crippen LogP contribution in [0.4, 0.5) is 0 Å². The van der Waals surface area contributed by atoms with Crippen molar-refractivity contribution >= 4 is 5.78 Å². The molecule has 2 heterocycles. The maximum absolute atomic E-state index is 9.23. The third-order valence-electron chi connectivity index (χ3n) is 2.34. The summed E-state index contributed by atoms with van der Waals surface area (Å²) in [5.41, 5.74) is 1.85. The molecule has 0 amide bonds. The topological polar surface area (TPSA) is 63.3 Å². The molecule has 16 heavy (non-hydrogen) atoms. The Morgan fingerprint density at radius 2 is 1.81 bits per heavy atom. The van der Waals surface area contributed by atoms with Crippen molar-refractivity contribution in [3.05, 3.63) is 42.9 Å². The Hall–Kier alpha value is -2.43. The van der Waals surface area contributed by atoms with Crippen LogP contribution in [-0.4, -0.2) is 24.7 Å². The van der Waals surface area contributed by atoms with Crippen LogP contribution in [0.2, 0.25) is 0 Å². The van der Waals surface area contributed by atoms with Crippen LogP contribution in [0.3, 0.4) is 0 Å². The molecule has 5 heteroatoms. The van der Waals surface area contributed by atoms with Gasteiger partial charge in [-0.05, 0) is 30.3 Å². The van der Waals surface area contributed by atoms with E-state index in [1.165, 1.54) is 6.33 Å². The first kappa shape index (κ1) is 8.84. The number of aromatic nitrogens is 4. The summed E-state index contributed by atoms with van der Waals surface area (Å²) in [4.78, 5) is 8.10. The van der Waals surface area contributed by atoms with Gasteiger partial charge in [-0.2, -0.15) is 14.6 Å². The number of phenols is 1. The average Bonchev–Trinajstić information content (AvgIpc) is 2.78. The SMILES string of the molecule is Oc1ccc(-c2ccnc3ncnn23)cc1. The van der Waals surface area contributed by atoms with Gasteiger partial charge >= 0.3 is 0 Å². The van der Waals surface area contributed by atoms with Crippen molar-refractivity contribution in [1.82, 2.24) is 19.6 Å². The number of rotatable bonds is 1. The summed E-state index contributed by atoms with van der Waals surface area (Å²) in [7, 11) is 0. The summed E-state index contributed by atoms with van der Waals surface area (Å²) in [5, 5.41) is 13.3. The van der Waals surface area contributed by atoms with Crippen LogP contribution in [0.25, 0.3) is 17.0 Å². The van der Waals surface area contributed by atoms with Crippen molar-refractivity contribution in [2.24, 2.45) is 0 Å². The normalized spacial score (nSPS) is 10.8. The summed E-state index contributed by atoms with van der Waals surface area (Å²) in [6.07, 6.45) is 3.15. The minimum atomic E-state index is 0.243. The van der Waals surface area contributed by atoms with E-state index in [2.05, 4.69) is 15.1 Å². The molecule has 1 aromatic carbocycles. The molecule has 0 saturated heterocycles. The molecule has 0 aliphatic carbocycles. The highest BCUT2D eigenvalue weighted by Crippen LogP contribution is 2.20. The number of benzene rings is 1. The van der Waals surface area contributed by atoms with Crippen molar-refractivity contribution < 1.29 is 5.11 Å². The lowest BCUT2D eigenvalue weighted by atomic mass is 10.1. The van der Waals surface area contributed by atoms with Gasteiger partial charge < -0.3 is 5.11 Å². The van der Waals surface area contributed by atoms with E-state index in [1.54, 1.807) is 22.8 Å². The van der Waals surface area contributed by atoms with Gasteiger partial charge in [-0.25, -0.2) is 4.98 Å². The highest BCUT2D eigenvalue weighted by Gasteiger charge is 2.05. The van der Waals surface area contributed by atoms with E-state index in [0.29, 0.717) is 5.78 Å². The molecule has 1 N–H and O–H groups in total. The van der Waals surface area contributed by atoms with E-state index in [4.69, 9.17) is 0 Å². The maximum atomic E-state index is 9.23. The number of hydrogen-bond acceptors (Lipinski definition) is 4. The van der Waals surface area contributed by atoms with E-state index < -0.39 is 0 Å². The second-order valence-corrected chi connectivity index (χ2v) is 3.35. The molecule has 0 unspecified atom stereocenters. The van der Waals surface area contributed by atoms with Gasteiger partial charge in [-0.15, -0.1) is 0 Å². The maximum Gasteiger partial charge on any atom is 0.252 e. The van der Waals surface area contributed by atoms with E-state index in [0.717, 1.165) is 11.3 Å². The van der Waals surface area contributed by atoms with Crippen LogP contribution < -0.4 is 0 Å². The van der Waals surface area contributed by atoms with Crippen molar-refractivity contribution in [3.8, 4) is 17.0 Å². The molecule has 5 nitrogen and oxygen atoms in total. The Morgan fingerprint density at radius 3 is 2.62 bits per heavy atom. The highest BCUT2D eigenvalue weighted by atomic mass is 16.3. The standard InChI is InChI=1S/C11H8N4O/c16-9-3-1-8(2-4-9)10-5-6-12-11-13-7-14-15(10)11/h1-7,16H. The lowest BCUT2D eigenvalue weighted by Gasteiger charge is -2.03. The molecule has 0 radical (unpaired) electrons. The van der Waals surface area contributed by atoms with E-state index in [1.807, 2.05) is 18.2 Å². The van der Waals surface area contributed by atoms with Crippen LogP contribution in [0.15, 0.2) is 42.9 Å². The van der Waals surface area contributed by atoms with Crippen LogP contribution in [0.5, 0.6) is 5.75 Å². The smallest absolute Gasteiger partial charge is 0.252 e. The van der Waals surface area contributed by atoms with Crippen LogP contribution >= 0.6 is 0 Å². The van der Waals surface area contributed by atoms with E-state index in [-0.39, 0.29) is 5.75 Å². The molecular weight excluding hydrogens is 204 g/mol. The fourth-order valence-electron chi connectivity index (χ4n) is 1.59. The zero-order valence-electron chi connectivity index (χ0n) is 8.28. The van der Waals surface area contributed by atoms with Gasteiger partial charge in [0.15, 0.2) is 0 Å². The van der Waals surface area contributed by atoms with Gasteiger partial charge in [0.25, 0.3) is 5.78 Å². The summed E-state index contributed by atoms with van der Waals surface area (Å²) in [6.45, 7) is 0. The zero-order chi connectivity index (χ0) is 11.0. The average molecular weight is 212 g/mol. The Bertz CT molecular complexity index is 630. The van der Waals surface area contributed by atoms with E-state index in [9.17, 15) is 5.11 Å². The second-order valence-electron chi connectivity index (χ2n) is 3.35. The van der Waals surface area contributed by atoms with Gasteiger partial charge in [0, 0.05) is 11.8 Å². The quantitative estimate of drug-likeness (QED) is 0.663. The molecule has 0 bridgehead atoms. The summed E-state index contributed by atoms with van der Waals surface area (Å²) in [5.74, 6) is 0.804. The molecule has 0 aliphatic rings. The summed E-state index contributed by atoms with van der Waals surface area (Å²) in [6, 6.07) is 8.78. The predicted molar refractivity (Wildman–Crippen MR) is 57.9 cm³/mol. The number of phenolic OH excluding ortho intramolecular Hbond substituents is 1. The third-order valence-corrected chi connectivity index (χ3v) is 2.34. The number of hydrogen-bond donors (Lipinski definition) is 1. The fourth-order valence-corrected chi connectivity index (χ4v) is 1.59. The molecular formula is C11H8N4O. The van der Waals surface area contributed by atoms with Gasteiger partial charge in [-0.3, -0.25) is 0 Å². The van der Waals surface area contributed by atoms with Crippen molar-refractivity contribution in [2.75, 3.05) is 0 Å². The number of fused-ring (bicyclic) bond motifs is 1. The monoisotopic (exact) mass is 212 g/mol. The van der Waals surface area contributed by atoms with Gasteiger partial charge in [0.05, 0.1) is 5.69 Å². The summed E-state index contributed by atoms with van der Waals surface area (Å²) < 4.78 is 1.66. The lowest BCUT2D eigenvalue weighted by molar-refractivity contribution is 0.475. The zero-order valence-corrected chi connectivity index (χ0v) is 8.28. The first-order valence-corrected chi connectivity index (χ1v) is 4.79. The molecule has 78 valence electrons. The molecule has 0 spiro atoms. The number of aromatic hydroxyl groups is 1. The van der Waals surface area contributed by atoms with Crippen molar-refractivity contribution in [3.63, 3.8) is 0 Å². The molecule has 0 atom stereocenters. The van der Waals surface area contributed by atoms with Gasteiger partial charge in [0.1, 0.15) is 12.1 Å². The Labute approximate surface area is 91.0 Å². The van der Waals surface area contributed by atoms with Crippen LogP contribution in [-0.2, 0) is 0 Å². The first-order valence-electron chi connectivity index (χ1n) is 4.79. The van der Waals surface area contributed by atoms with Crippen LogP contribution in [0.1, 0.15) is 0 Å². The van der Waals surface area contributed by atoms with E-state index >= 15 is 0 Å². The molecule has 3 rings (SSSR count). The highest BCUT2D eigenvalue weighted by molar-refractivity contribution is 5.61. The minimum Gasteiger partial charge on any atom is -0.508 e. The van der Waals surface area contributed by atoms with Gasteiger partial charge in [-0.1, -0.05) is 0 Å². The largest absolute Gasteiger partial charge is 0.508 e. The predicted octanol–water partition coefficient (Wildman–Crippen LogP) is 1.50. The Morgan fingerprint density at radius 1 is 1.00 bits per heavy atom. The van der Waals surface area contributed by atoms with Crippen LogP contribution in [0, 0.1) is 0 Å². The Balaban J connectivity index is 2.25.